The second-order valence-corrected chi connectivity index (χ2v) is 6.50. The van der Waals surface area contributed by atoms with Gasteiger partial charge in [0.2, 0.25) is 0 Å². The molecule has 0 saturated heterocycles. The van der Waals surface area contributed by atoms with E-state index >= 15 is 0 Å². The molecule has 2 N–H and O–H groups in total. The van der Waals surface area contributed by atoms with Gasteiger partial charge in [-0.1, -0.05) is 34.5 Å². The van der Waals surface area contributed by atoms with Gasteiger partial charge < -0.3 is 15.2 Å². The van der Waals surface area contributed by atoms with Crippen molar-refractivity contribution in [1.29, 1.82) is 0 Å². The maximum absolute atomic E-state index is 6.04. The summed E-state index contributed by atoms with van der Waals surface area (Å²) >= 11 is 9.58. The Bertz CT molecular complexity index is 691. The van der Waals surface area contributed by atoms with E-state index in [9.17, 15) is 0 Å². The fraction of sp³-hybridized carbons (Fsp3) is 0.438. The number of aromatic nitrogens is 3. The molecule has 0 aliphatic carbocycles. The second-order valence-electron chi connectivity index (χ2n) is 5.21. The molecule has 0 radical (unpaired) electrons. The molecule has 2 aromatic rings. The molecule has 0 saturated carbocycles. The van der Waals surface area contributed by atoms with E-state index in [0.29, 0.717) is 0 Å². The SMILES string of the molecule is CCc1nncn1CCNC(=NC)NCCc1cc(Cl)ccc1Br.I. The van der Waals surface area contributed by atoms with Crippen LogP contribution in [0.2, 0.25) is 5.02 Å². The van der Waals surface area contributed by atoms with Crippen molar-refractivity contribution in [2.24, 2.45) is 4.99 Å². The predicted molar refractivity (Wildman–Crippen MR) is 117 cm³/mol. The molecule has 138 valence electrons. The molecule has 0 amide bonds. The van der Waals surface area contributed by atoms with Gasteiger partial charge in [0.25, 0.3) is 0 Å². The van der Waals surface area contributed by atoms with Gasteiger partial charge in [-0.05, 0) is 30.2 Å². The highest BCUT2D eigenvalue weighted by atomic mass is 127. The standard InChI is InChI=1S/C16H22BrClN6.HI/c1-3-15-23-22-11-24(15)9-8-21-16(19-2)20-7-6-12-10-13(18)4-5-14(12)17;/h4-5,10-11H,3,6-9H2,1-2H3,(H2,19,20,21);1H. The first-order valence-electron chi connectivity index (χ1n) is 7.89. The summed E-state index contributed by atoms with van der Waals surface area (Å²) in [6.07, 6.45) is 3.49. The molecule has 1 aromatic carbocycles. The number of hydrogen-bond acceptors (Lipinski definition) is 3. The summed E-state index contributed by atoms with van der Waals surface area (Å²) in [6.45, 7) is 4.40. The van der Waals surface area contributed by atoms with Crippen LogP contribution in [0.5, 0.6) is 0 Å². The molecular formula is C16H23BrClIN6. The molecule has 25 heavy (non-hydrogen) atoms. The number of guanidine groups is 1. The average molecular weight is 542 g/mol. The molecule has 0 fully saturated rings. The van der Waals surface area contributed by atoms with Crippen LogP contribution < -0.4 is 10.6 Å². The van der Waals surface area contributed by atoms with Crippen LogP contribution in [0.3, 0.4) is 0 Å². The largest absolute Gasteiger partial charge is 0.356 e. The van der Waals surface area contributed by atoms with Crippen molar-refractivity contribution in [3.63, 3.8) is 0 Å². The van der Waals surface area contributed by atoms with Crippen LogP contribution in [-0.2, 0) is 19.4 Å². The van der Waals surface area contributed by atoms with Crippen LogP contribution in [0.4, 0.5) is 0 Å². The van der Waals surface area contributed by atoms with Gasteiger partial charge in [0.1, 0.15) is 12.2 Å². The normalized spacial score (nSPS) is 11.1. The zero-order chi connectivity index (χ0) is 17.4. The van der Waals surface area contributed by atoms with Gasteiger partial charge in [-0.2, -0.15) is 0 Å². The van der Waals surface area contributed by atoms with Gasteiger partial charge in [0, 0.05) is 42.6 Å². The summed E-state index contributed by atoms with van der Waals surface area (Å²) in [5.41, 5.74) is 1.17. The van der Waals surface area contributed by atoms with Crippen LogP contribution in [-0.4, -0.2) is 40.9 Å². The summed E-state index contributed by atoms with van der Waals surface area (Å²) < 4.78 is 3.11. The molecule has 2 rings (SSSR count). The first-order chi connectivity index (χ1) is 11.6. The van der Waals surface area contributed by atoms with Crippen molar-refractivity contribution in [1.82, 2.24) is 25.4 Å². The fourth-order valence-electron chi connectivity index (χ4n) is 2.31. The molecular weight excluding hydrogens is 518 g/mol. The molecule has 0 bridgehead atoms. The van der Waals surface area contributed by atoms with E-state index < -0.39 is 0 Å². The van der Waals surface area contributed by atoms with E-state index in [1.807, 2.05) is 22.8 Å². The van der Waals surface area contributed by atoms with Gasteiger partial charge >= 0.3 is 0 Å². The smallest absolute Gasteiger partial charge is 0.191 e. The Hall–Kier alpha value is -0.870. The first kappa shape index (κ1) is 22.2. The lowest BCUT2D eigenvalue weighted by molar-refractivity contribution is 0.632. The maximum Gasteiger partial charge on any atom is 0.191 e. The number of aliphatic imine (C=N–C) groups is 1. The lowest BCUT2D eigenvalue weighted by atomic mass is 10.1. The Morgan fingerprint density at radius 2 is 2.08 bits per heavy atom. The Morgan fingerprint density at radius 1 is 1.32 bits per heavy atom. The zero-order valence-electron chi connectivity index (χ0n) is 14.3. The van der Waals surface area contributed by atoms with Crippen LogP contribution >= 0.6 is 51.5 Å². The molecule has 0 aliphatic rings. The zero-order valence-corrected chi connectivity index (χ0v) is 19.0. The lowest BCUT2D eigenvalue weighted by Crippen LogP contribution is -2.39. The van der Waals surface area contributed by atoms with E-state index in [-0.39, 0.29) is 24.0 Å². The van der Waals surface area contributed by atoms with Crippen molar-refractivity contribution >= 4 is 57.5 Å². The third kappa shape index (κ3) is 7.10. The predicted octanol–water partition coefficient (Wildman–Crippen LogP) is 3.28. The van der Waals surface area contributed by atoms with Gasteiger partial charge in [-0.25, -0.2) is 0 Å². The van der Waals surface area contributed by atoms with E-state index in [1.165, 1.54) is 5.56 Å². The quantitative estimate of drug-likeness (QED) is 0.321. The second kappa shape index (κ2) is 11.7. The Labute approximate surface area is 179 Å². The Kier molecular flexibility index (Phi) is 10.4. The monoisotopic (exact) mass is 540 g/mol. The minimum atomic E-state index is 0. The summed E-state index contributed by atoms with van der Waals surface area (Å²) in [5, 5.41) is 15.4. The van der Waals surface area contributed by atoms with E-state index in [2.05, 4.69) is 48.7 Å². The number of halogens is 3. The number of nitrogens with zero attached hydrogens (tertiary/aromatic N) is 4. The summed E-state index contributed by atoms with van der Waals surface area (Å²) in [6, 6.07) is 5.82. The number of nitrogens with one attached hydrogen (secondary N) is 2. The van der Waals surface area contributed by atoms with Crippen LogP contribution in [0.1, 0.15) is 18.3 Å². The van der Waals surface area contributed by atoms with Crippen LogP contribution in [0.25, 0.3) is 0 Å². The van der Waals surface area contributed by atoms with Crippen molar-refractivity contribution in [2.75, 3.05) is 20.1 Å². The summed E-state index contributed by atoms with van der Waals surface area (Å²) in [4.78, 5) is 4.24. The average Bonchev–Trinajstić information content (AvgIpc) is 3.04. The lowest BCUT2D eigenvalue weighted by Gasteiger charge is -2.13. The minimum absolute atomic E-state index is 0. The highest BCUT2D eigenvalue weighted by Gasteiger charge is 2.04. The highest BCUT2D eigenvalue weighted by Crippen LogP contribution is 2.21. The summed E-state index contributed by atoms with van der Waals surface area (Å²) in [5.74, 6) is 1.77. The van der Waals surface area contributed by atoms with Crippen molar-refractivity contribution in [3.8, 4) is 0 Å². The third-order valence-electron chi connectivity index (χ3n) is 3.58. The van der Waals surface area contributed by atoms with E-state index in [4.69, 9.17) is 11.6 Å². The number of rotatable bonds is 7. The number of benzene rings is 1. The topological polar surface area (TPSA) is 67.1 Å². The van der Waals surface area contributed by atoms with Crippen molar-refractivity contribution in [2.45, 2.75) is 26.3 Å². The minimum Gasteiger partial charge on any atom is -0.356 e. The Morgan fingerprint density at radius 3 is 2.80 bits per heavy atom. The van der Waals surface area contributed by atoms with Crippen molar-refractivity contribution < 1.29 is 0 Å². The molecule has 0 atom stereocenters. The highest BCUT2D eigenvalue weighted by molar-refractivity contribution is 14.0. The number of aryl methyl sites for hydroxylation is 1. The maximum atomic E-state index is 6.04. The molecule has 6 nitrogen and oxygen atoms in total. The van der Waals surface area contributed by atoms with Crippen LogP contribution in [0, 0.1) is 0 Å². The van der Waals surface area contributed by atoms with Crippen molar-refractivity contribution in [3.05, 3.63) is 45.4 Å². The first-order valence-corrected chi connectivity index (χ1v) is 9.06. The van der Waals surface area contributed by atoms with E-state index in [0.717, 1.165) is 53.8 Å². The fourth-order valence-corrected chi connectivity index (χ4v) is 2.94. The summed E-state index contributed by atoms with van der Waals surface area (Å²) in [7, 11) is 1.76. The molecule has 0 spiro atoms. The molecule has 0 unspecified atom stereocenters. The van der Waals surface area contributed by atoms with Gasteiger partial charge in [-0.15, -0.1) is 34.2 Å². The third-order valence-corrected chi connectivity index (χ3v) is 4.58. The van der Waals surface area contributed by atoms with E-state index in [1.54, 1.807) is 13.4 Å². The van der Waals surface area contributed by atoms with Crippen LogP contribution in [0.15, 0.2) is 34.0 Å². The molecule has 1 heterocycles. The van der Waals surface area contributed by atoms with Gasteiger partial charge in [0.05, 0.1) is 0 Å². The molecule has 0 aliphatic heterocycles. The Balaban J connectivity index is 0.00000312. The number of hydrogen-bond donors (Lipinski definition) is 2. The molecule has 9 heteroatoms. The van der Waals surface area contributed by atoms with Gasteiger partial charge in [-0.3, -0.25) is 4.99 Å². The van der Waals surface area contributed by atoms with Gasteiger partial charge in [0.15, 0.2) is 5.96 Å². The molecule has 1 aromatic heterocycles.